The van der Waals surface area contributed by atoms with Crippen molar-refractivity contribution in [2.45, 2.75) is 20.3 Å². The highest BCUT2D eigenvalue weighted by Gasteiger charge is 2.15. The minimum atomic E-state index is -0.256. The van der Waals surface area contributed by atoms with Crippen LogP contribution in [0.5, 0.6) is 0 Å². The average Bonchev–Trinajstić information content (AvgIpc) is 2.87. The zero-order valence-corrected chi connectivity index (χ0v) is 13.5. The van der Waals surface area contributed by atoms with Crippen LogP contribution in [-0.2, 0) is 6.42 Å². The molecular formula is C16H20FN3OS. The average molecular weight is 321 g/mol. The molecule has 22 heavy (non-hydrogen) atoms. The molecule has 1 atom stereocenters. The van der Waals surface area contributed by atoms with E-state index in [1.165, 1.54) is 23.5 Å². The molecule has 1 unspecified atom stereocenters. The number of carbonyl (C=O) groups is 1. The number of aromatic nitrogens is 1. The molecule has 6 heteroatoms. The van der Waals surface area contributed by atoms with Gasteiger partial charge in [0.2, 0.25) is 0 Å². The fourth-order valence-corrected chi connectivity index (χ4v) is 2.96. The number of thiazole rings is 1. The second-order valence-corrected chi connectivity index (χ2v) is 6.46. The van der Waals surface area contributed by atoms with E-state index in [0.717, 1.165) is 16.3 Å². The third-order valence-corrected chi connectivity index (χ3v) is 4.49. The van der Waals surface area contributed by atoms with Gasteiger partial charge in [-0.1, -0.05) is 19.1 Å². The third kappa shape index (κ3) is 4.35. The van der Waals surface area contributed by atoms with Crippen LogP contribution in [0.3, 0.4) is 0 Å². The molecule has 0 saturated carbocycles. The molecule has 0 spiro atoms. The molecule has 0 fully saturated rings. The van der Waals surface area contributed by atoms with Crippen LogP contribution in [0.2, 0.25) is 0 Å². The number of rotatable bonds is 6. The summed E-state index contributed by atoms with van der Waals surface area (Å²) in [6.07, 6.45) is 0.596. The Kier molecular flexibility index (Phi) is 5.63. The molecule has 0 aliphatic heterocycles. The van der Waals surface area contributed by atoms with Gasteiger partial charge in [0, 0.05) is 13.0 Å². The van der Waals surface area contributed by atoms with E-state index in [-0.39, 0.29) is 17.6 Å². The molecule has 0 bridgehead atoms. The summed E-state index contributed by atoms with van der Waals surface area (Å²) in [5.41, 5.74) is 7.23. The Balaban J connectivity index is 2.04. The summed E-state index contributed by atoms with van der Waals surface area (Å²) < 4.78 is 12.9. The molecule has 1 heterocycles. The quantitative estimate of drug-likeness (QED) is 0.859. The van der Waals surface area contributed by atoms with E-state index >= 15 is 0 Å². The summed E-state index contributed by atoms with van der Waals surface area (Å²) in [7, 11) is 0. The summed E-state index contributed by atoms with van der Waals surface area (Å²) >= 11 is 1.38. The molecule has 0 aliphatic carbocycles. The van der Waals surface area contributed by atoms with Gasteiger partial charge in [-0.05, 0) is 37.1 Å². The Labute approximate surface area is 133 Å². The maximum Gasteiger partial charge on any atom is 0.263 e. The van der Waals surface area contributed by atoms with Gasteiger partial charge < -0.3 is 11.1 Å². The zero-order chi connectivity index (χ0) is 16.1. The van der Waals surface area contributed by atoms with Gasteiger partial charge in [0.25, 0.3) is 5.91 Å². The van der Waals surface area contributed by atoms with Crippen molar-refractivity contribution in [3.8, 4) is 0 Å². The Morgan fingerprint density at radius 3 is 2.73 bits per heavy atom. The first-order chi connectivity index (χ1) is 10.5. The molecule has 1 aromatic carbocycles. The molecule has 0 radical (unpaired) electrons. The van der Waals surface area contributed by atoms with E-state index in [1.807, 2.05) is 13.8 Å². The predicted molar refractivity (Wildman–Crippen MR) is 86.6 cm³/mol. The second kappa shape index (κ2) is 7.47. The Bertz CT molecular complexity index is 639. The minimum Gasteiger partial charge on any atom is -0.351 e. The lowest BCUT2D eigenvalue weighted by molar-refractivity contribution is 0.0952. The van der Waals surface area contributed by atoms with Crippen molar-refractivity contribution < 1.29 is 9.18 Å². The number of amides is 1. The van der Waals surface area contributed by atoms with Gasteiger partial charge in [-0.15, -0.1) is 11.3 Å². The number of hydrogen-bond acceptors (Lipinski definition) is 4. The van der Waals surface area contributed by atoms with Crippen LogP contribution < -0.4 is 11.1 Å². The maximum atomic E-state index is 12.9. The molecular weight excluding hydrogens is 301 g/mol. The van der Waals surface area contributed by atoms with E-state index < -0.39 is 0 Å². The highest BCUT2D eigenvalue weighted by atomic mass is 32.1. The van der Waals surface area contributed by atoms with Gasteiger partial charge in [-0.2, -0.15) is 0 Å². The highest BCUT2D eigenvalue weighted by molar-refractivity contribution is 7.13. The van der Waals surface area contributed by atoms with E-state index in [4.69, 9.17) is 5.73 Å². The molecule has 0 aliphatic rings. The lowest BCUT2D eigenvalue weighted by atomic mass is 10.1. The Morgan fingerprint density at radius 1 is 1.41 bits per heavy atom. The molecule has 0 saturated heterocycles. The predicted octanol–water partition coefficient (Wildman–Crippen LogP) is 2.51. The SMILES string of the molecule is Cc1nc(Cc2ccc(F)cc2)sc1C(=O)NCC(C)CN. The van der Waals surface area contributed by atoms with Gasteiger partial charge >= 0.3 is 0 Å². The zero-order valence-electron chi connectivity index (χ0n) is 12.7. The van der Waals surface area contributed by atoms with E-state index in [1.54, 1.807) is 12.1 Å². The van der Waals surface area contributed by atoms with Gasteiger partial charge in [-0.3, -0.25) is 4.79 Å². The first-order valence-electron chi connectivity index (χ1n) is 7.18. The summed E-state index contributed by atoms with van der Waals surface area (Å²) in [6.45, 7) is 4.91. The van der Waals surface area contributed by atoms with Crippen molar-refractivity contribution >= 4 is 17.2 Å². The largest absolute Gasteiger partial charge is 0.351 e. The number of nitrogens with zero attached hydrogens (tertiary/aromatic N) is 1. The topological polar surface area (TPSA) is 68.0 Å². The van der Waals surface area contributed by atoms with Crippen LogP contribution in [0.1, 0.15) is 32.9 Å². The van der Waals surface area contributed by atoms with Crippen LogP contribution >= 0.6 is 11.3 Å². The fraction of sp³-hybridized carbons (Fsp3) is 0.375. The lowest BCUT2D eigenvalue weighted by Gasteiger charge is -2.09. The monoisotopic (exact) mass is 321 g/mol. The molecule has 118 valence electrons. The van der Waals surface area contributed by atoms with E-state index in [0.29, 0.717) is 24.4 Å². The Morgan fingerprint density at radius 2 is 2.09 bits per heavy atom. The molecule has 1 amide bonds. The molecule has 1 aromatic heterocycles. The van der Waals surface area contributed by atoms with Gasteiger partial charge in [-0.25, -0.2) is 9.37 Å². The van der Waals surface area contributed by atoms with Gasteiger partial charge in [0.15, 0.2) is 0 Å². The summed E-state index contributed by atoms with van der Waals surface area (Å²) in [6, 6.07) is 6.32. The van der Waals surface area contributed by atoms with Crippen molar-refractivity contribution in [3.63, 3.8) is 0 Å². The fourth-order valence-electron chi connectivity index (χ4n) is 1.95. The van der Waals surface area contributed by atoms with Crippen LogP contribution in [0.15, 0.2) is 24.3 Å². The summed E-state index contributed by atoms with van der Waals surface area (Å²) in [4.78, 5) is 17.2. The smallest absolute Gasteiger partial charge is 0.263 e. The van der Waals surface area contributed by atoms with Crippen LogP contribution in [0, 0.1) is 18.7 Å². The van der Waals surface area contributed by atoms with Crippen LogP contribution in [0.25, 0.3) is 0 Å². The summed E-state index contributed by atoms with van der Waals surface area (Å²) in [5.74, 6) is -0.121. The minimum absolute atomic E-state index is 0.111. The van der Waals surface area contributed by atoms with Crippen molar-refractivity contribution in [3.05, 3.63) is 51.2 Å². The van der Waals surface area contributed by atoms with Crippen LogP contribution in [0.4, 0.5) is 4.39 Å². The van der Waals surface area contributed by atoms with Crippen molar-refractivity contribution in [1.29, 1.82) is 0 Å². The molecule has 2 rings (SSSR count). The van der Waals surface area contributed by atoms with E-state index in [9.17, 15) is 9.18 Å². The first-order valence-corrected chi connectivity index (χ1v) is 8.00. The maximum absolute atomic E-state index is 12.9. The summed E-state index contributed by atoms with van der Waals surface area (Å²) in [5, 5.41) is 3.73. The number of halogens is 1. The molecule has 2 aromatic rings. The second-order valence-electron chi connectivity index (χ2n) is 5.38. The van der Waals surface area contributed by atoms with Gasteiger partial charge in [0.1, 0.15) is 10.7 Å². The Hall–Kier alpha value is -1.79. The third-order valence-electron chi connectivity index (χ3n) is 3.33. The number of nitrogens with two attached hydrogens (primary N) is 1. The van der Waals surface area contributed by atoms with Crippen molar-refractivity contribution in [1.82, 2.24) is 10.3 Å². The molecule has 3 N–H and O–H groups in total. The van der Waals surface area contributed by atoms with Gasteiger partial charge in [0.05, 0.1) is 10.7 Å². The standard InChI is InChI=1S/C16H20FN3OS/c1-10(8-18)9-19-16(21)15-11(2)20-14(22-15)7-12-3-5-13(17)6-4-12/h3-6,10H,7-9,18H2,1-2H3,(H,19,21). The number of aryl methyl sites for hydroxylation is 1. The first kappa shape index (κ1) is 16.6. The van der Waals surface area contributed by atoms with E-state index in [2.05, 4.69) is 10.3 Å². The normalized spacial score (nSPS) is 12.2. The number of nitrogens with one attached hydrogen (secondary N) is 1. The number of benzene rings is 1. The number of hydrogen-bond donors (Lipinski definition) is 2. The number of carbonyl (C=O) groups excluding carboxylic acids is 1. The highest BCUT2D eigenvalue weighted by Crippen LogP contribution is 2.21. The lowest BCUT2D eigenvalue weighted by Crippen LogP contribution is -2.31. The molecule has 4 nitrogen and oxygen atoms in total. The van der Waals surface area contributed by atoms with Crippen molar-refractivity contribution in [2.24, 2.45) is 11.7 Å². The van der Waals surface area contributed by atoms with Crippen LogP contribution in [-0.4, -0.2) is 24.0 Å². The van der Waals surface area contributed by atoms with Crippen molar-refractivity contribution in [2.75, 3.05) is 13.1 Å².